The number of nitrogens with zero attached hydrogens (tertiary/aromatic N) is 3. The van der Waals surface area contributed by atoms with Gasteiger partial charge in [-0.15, -0.1) is 10.2 Å². The number of methoxy groups -OCH3 is 1. The molecule has 1 aliphatic heterocycles. The third-order valence-corrected chi connectivity index (χ3v) is 4.31. The molecule has 128 valence electrons. The zero-order chi connectivity index (χ0) is 17.1. The first-order valence-corrected chi connectivity index (χ1v) is 8.24. The highest BCUT2D eigenvalue weighted by atomic mass is 16.5. The number of hydrogen-bond donors (Lipinski definition) is 0. The largest absolute Gasteiger partial charge is 0.497 e. The van der Waals surface area contributed by atoms with Gasteiger partial charge in [-0.25, -0.2) is 0 Å². The number of rotatable bonds is 5. The number of furan rings is 1. The van der Waals surface area contributed by atoms with E-state index >= 15 is 0 Å². The van der Waals surface area contributed by atoms with E-state index < -0.39 is 0 Å². The van der Waals surface area contributed by atoms with Crippen molar-refractivity contribution >= 4 is 5.57 Å². The molecule has 25 heavy (non-hydrogen) atoms. The highest BCUT2D eigenvalue weighted by Crippen LogP contribution is 2.25. The third-order valence-electron chi connectivity index (χ3n) is 4.31. The minimum absolute atomic E-state index is 0.423. The number of benzene rings is 1. The Morgan fingerprint density at radius 1 is 1.16 bits per heavy atom. The lowest BCUT2D eigenvalue weighted by Gasteiger charge is -2.25. The maximum atomic E-state index is 5.68. The molecule has 1 aromatic carbocycles. The smallest absolute Gasteiger partial charge is 0.283 e. The Morgan fingerprint density at radius 2 is 2.04 bits per heavy atom. The molecule has 0 aliphatic carbocycles. The van der Waals surface area contributed by atoms with Crippen LogP contribution in [0.2, 0.25) is 0 Å². The highest BCUT2D eigenvalue weighted by Gasteiger charge is 2.17. The molecule has 0 spiro atoms. The molecule has 0 unspecified atom stereocenters. The van der Waals surface area contributed by atoms with E-state index in [1.54, 1.807) is 19.4 Å². The minimum Gasteiger partial charge on any atom is -0.497 e. The summed E-state index contributed by atoms with van der Waals surface area (Å²) in [5.74, 6) is 2.50. The molecule has 0 bridgehead atoms. The molecule has 1 aliphatic rings. The predicted octanol–water partition coefficient (Wildman–Crippen LogP) is 3.63. The molecule has 4 rings (SSSR count). The zero-order valence-corrected chi connectivity index (χ0v) is 14.0. The normalized spacial score (nSPS) is 15.2. The lowest BCUT2D eigenvalue weighted by atomic mass is 9.99. The average Bonchev–Trinajstić information content (AvgIpc) is 3.34. The molecule has 0 amide bonds. The fourth-order valence-electron chi connectivity index (χ4n) is 2.93. The summed E-state index contributed by atoms with van der Waals surface area (Å²) in [7, 11) is 1.68. The molecule has 6 nitrogen and oxygen atoms in total. The second-order valence-electron chi connectivity index (χ2n) is 5.92. The maximum absolute atomic E-state index is 5.68. The predicted molar refractivity (Wildman–Crippen MR) is 92.9 cm³/mol. The first-order valence-electron chi connectivity index (χ1n) is 8.24. The van der Waals surface area contributed by atoms with E-state index in [0.717, 1.165) is 25.3 Å². The van der Waals surface area contributed by atoms with Crippen LogP contribution in [0, 0.1) is 0 Å². The van der Waals surface area contributed by atoms with Crippen molar-refractivity contribution in [2.24, 2.45) is 0 Å². The van der Waals surface area contributed by atoms with Crippen LogP contribution in [0.5, 0.6) is 5.75 Å². The Morgan fingerprint density at radius 3 is 2.72 bits per heavy atom. The Labute approximate surface area is 145 Å². The second-order valence-corrected chi connectivity index (χ2v) is 5.92. The van der Waals surface area contributed by atoms with Crippen LogP contribution in [-0.4, -0.2) is 35.3 Å². The van der Waals surface area contributed by atoms with Gasteiger partial charge in [-0.1, -0.05) is 18.2 Å². The Hall–Kier alpha value is -2.86. The van der Waals surface area contributed by atoms with Gasteiger partial charge in [0, 0.05) is 13.1 Å². The van der Waals surface area contributed by atoms with Gasteiger partial charge in [-0.3, -0.25) is 4.90 Å². The molecular weight excluding hydrogens is 318 g/mol. The quantitative estimate of drug-likeness (QED) is 0.708. The van der Waals surface area contributed by atoms with Gasteiger partial charge in [0.15, 0.2) is 5.76 Å². The number of aromatic nitrogens is 2. The summed E-state index contributed by atoms with van der Waals surface area (Å²) in [6, 6.07) is 11.8. The van der Waals surface area contributed by atoms with Crippen molar-refractivity contribution in [3.63, 3.8) is 0 Å². The summed E-state index contributed by atoms with van der Waals surface area (Å²) in [4.78, 5) is 2.28. The van der Waals surface area contributed by atoms with Gasteiger partial charge in [0.25, 0.3) is 5.89 Å². The fraction of sp³-hybridized carbons (Fsp3) is 0.263. The molecule has 0 saturated carbocycles. The van der Waals surface area contributed by atoms with Crippen LogP contribution in [0.15, 0.2) is 57.6 Å². The molecule has 6 heteroatoms. The molecule has 0 atom stereocenters. The van der Waals surface area contributed by atoms with Crippen LogP contribution in [0.25, 0.3) is 17.2 Å². The zero-order valence-electron chi connectivity index (χ0n) is 14.0. The molecule has 0 radical (unpaired) electrons. The molecule has 3 heterocycles. The topological polar surface area (TPSA) is 64.5 Å². The summed E-state index contributed by atoms with van der Waals surface area (Å²) in [6.07, 6.45) is 4.84. The maximum Gasteiger partial charge on any atom is 0.283 e. The number of ether oxygens (including phenoxy) is 1. The summed E-state index contributed by atoms with van der Waals surface area (Å²) in [6.45, 7) is 2.45. The van der Waals surface area contributed by atoms with Gasteiger partial charge in [0.1, 0.15) is 5.75 Å². The molecule has 0 saturated heterocycles. The summed E-state index contributed by atoms with van der Waals surface area (Å²) >= 11 is 0. The van der Waals surface area contributed by atoms with Crippen LogP contribution < -0.4 is 4.74 Å². The van der Waals surface area contributed by atoms with Crippen molar-refractivity contribution in [3.8, 4) is 17.4 Å². The fourth-order valence-corrected chi connectivity index (χ4v) is 2.93. The first kappa shape index (κ1) is 15.7. The van der Waals surface area contributed by atoms with Crippen LogP contribution in [0.4, 0.5) is 0 Å². The van der Waals surface area contributed by atoms with Crippen molar-refractivity contribution in [1.29, 1.82) is 0 Å². The Kier molecular flexibility index (Phi) is 4.35. The highest BCUT2D eigenvalue weighted by molar-refractivity contribution is 5.67. The molecule has 0 N–H and O–H groups in total. The minimum atomic E-state index is 0.423. The van der Waals surface area contributed by atoms with Crippen molar-refractivity contribution in [2.75, 3.05) is 20.2 Å². The molecule has 3 aromatic rings. The van der Waals surface area contributed by atoms with E-state index in [1.165, 1.54) is 11.1 Å². The van der Waals surface area contributed by atoms with Crippen LogP contribution in [-0.2, 0) is 6.54 Å². The van der Waals surface area contributed by atoms with Gasteiger partial charge in [-0.2, -0.15) is 0 Å². The molecular formula is C19H19N3O3. The SMILES string of the molecule is COc1ccc(C2=CCN(Cc3nnc(-c4ccco4)o3)CC2)cc1. The van der Waals surface area contributed by atoms with Gasteiger partial charge < -0.3 is 13.6 Å². The van der Waals surface area contributed by atoms with E-state index in [9.17, 15) is 0 Å². The average molecular weight is 337 g/mol. The van der Waals surface area contributed by atoms with E-state index in [-0.39, 0.29) is 0 Å². The van der Waals surface area contributed by atoms with Gasteiger partial charge >= 0.3 is 0 Å². The van der Waals surface area contributed by atoms with Gasteiger partial charge in [0.2, 0.25) is 5.89 Å². The van der Waals surface area contributed by atoms with Crippen molar-refractivity contribution in [2.45, 2.75) is 13.0 Å². The van der Waals surface area contributed by atoms with Gasteiger partial charge in [-0.05, 0) is 41.8 Å². The van der Waals surface area contributed by atoms with Crippen LogP contribution in [0.3, 0.4) is 0 Å². The Balaban J connectivity index is 1.39. The molecule has 0 fully saturated rings. The summed E-state index contributed by atoms with van der Waals surface area (Å²) in [5.41, 5.74) is 2.61. The summed E-state index contributed by atoms with van der Waals surface area (Å²) in [5, 5.41) is 8.15. The van der Waals surface area contributed by atoms with E-state index in [4.69, 9.17) is 13.6 Å². The van der Waals surface area contributed by atoms with E-state index in [1.807, 2.05) is 18.2 Å². The Bertz CT molecular complexity index is 850. The second kappa shape index (κ2) is 6.94. The lowest BCUT2D eigenvalue weighted by Crippen LogP contribution is -2.28. The standard InChI is InChI=1S/C19H19N3O3/c1-23-16-6-4-14(5-7-16)15-8-10-22(11-9-15)13-18-20-21-19(25-18)17-3-2-12-24-17/h2-8,12H,9-11,13H2,1H3. The van der Waals surface area contributed by atoms with Crippen LogP contribution >= 0.6 is 0 Å². The van der Waals surface area contributed by atoms with E-state index in [2.05, 4.69) is 33.3 Å². The monoisotopic (exact) mass is 337 g/mol. The third kappa shape index (κ3) is 3.49. The number of hydrogen-bond acceptors (Lipinski definition) is 6. The van der Waals surface area contributed by atoms with Crippen molar-refractivity contribution in [3.05, 3.63) is 60.2 Å². The van der Waals surface area contributed by atoms with Crippen molar-refractivity contribution in [1.82, 2.24) is 15.1 Å². The summed E-state index contributed by atoms with van der Waals surface area (Å²) < 4.78 is 16.2. The molecule has 2 aromatic heterocycles. The van der Waals surface area contributed by atoms with E-state index in [0.29, 0.717) is 24.1 Å². The first-order chi connectivity index (χ1) is 12.3. The van der Waals surface area contributed by atoms with Crippen LogP contribution in [0.1, 0.15) is 17.9 Å². The van der Waals surface area contributed by atoms with Gasteiger partial charge in [0.05, 0.1) is 19.9 Å². The lowest BCUT2D eigenvalue weighted by molar-refractivity contribution is 0.262. The van der Waals surface area contributed by atoms with Crippen molar-refractivity contribution < 1.29 is 13.6 Å².